The first-order chi connectivity index (χ1) is 8.89. The van der Waals surface area contributed by atoms with Crippen LogP contribution < -0.4 is 0 Å². The van der Waals surface area contributed by atoms with Gasteiger partial charge in [0.2, 0.25) is 0 Å². The fraction of sp³-hybridized carbons (Fsp3) is 0.941. The maximum absolute atomic E-state index is 12.2. The highest BCUT2D eigenvalue weighted by Crippen LogP contribution is 2.27. The standard InChI is InChI=1S/C17H35NOS/c1-16(2,3)10-9-14(19)11-15(12-18(7)8)20-13-17(4,5)6/h15H,9-13H2,1-8H3. The van der Waals surface area contributed by atoms with E-state index in [0.29, 0.717) is 16.4 Å². The molecule has 0 fully saturated rings. The Bertz CT molecular complexity index is 286. The van der Waals surface area contributed by atoms with Crippen molar-refractivity contribution < 1.29 is 4.79 Å². The van der Waals surface area contributed by atoms with Gasteiger partial charge in [0.25, 0.3) is 0 Å². The van der Waals surface area contributed by atoms with Crippen molar-refractivity contribution in [3.8, 4) is 0 Å². The third kappa shape index (κ3) is 13.0. The zero-order valence-corrected chi connectivity index (χ0v) is 15.7. The fourth-order valence-electron chi connectivity index (χ4n) is 1.82. The monoisotopic (exact) mass is 301 g/mol. The van der Waals surface area contributed by atoms with Gasteiger partial charge in [0, 0.05) is 24.6 Å². The van der Waals surface area contributed by atoms with Crippen molar-refractivity contribution in [1.82, 2.24) is 4.90 Å². The number of hydrogen-bond donors (Lipinski definition) is 0. The Kier molecular flexibility index (Phi) is 8.42. The summed E-state index contributed by atoms with van der Waals surface area (Å²) in [7, 11) is 4.18. The van der Waals surface area contributed by atoms with Crippen LogP contribution in [0, 0.1) is 10.8 Å². The van der Waals surface area contributed by atoms with Gasteiger partial charge in [0.1, 0.15) is 5.78 Å². The number of rotatable bonds is 8. The van der Waals surface area contributed by atoms with Crippen molar-refractivity contribution in [1.29, 1.82) is 0 Å². The van der Waals surface area contributed by atoms with Crippen LogP contribution in [0.25, 0.3) is 0 Å². The quantitative estimate of drug-likeness (QED) is 0.659. The van der Waals surface area contributed by atoms with Gasteiger partial charge in [0.15, 0.2) is 0 Å². The van der Waals surface area contributed by atoms with Crippen LogP contribution in [0.3, 0.4) is 0 Å². The van der Waals surface area contributed by atoms with Crippen LogP contribution in [0.5, 0.6) is 0 Å². The Morgan fingerprint density at radius 1 is 1.05 bits per heavy atom. The van der Waals surface area contributed by atoms with E-state index in [9.17, 15) is 4.79 Å². The van der Waals surface area contributed by atoms with Crippen LogP contribution in [0.4, 0.5) is 0 Å². The molecule has 20 heavy (non-hydrogen) atoms. The first kappa shape index (κ1) is 20.0. The second-order valence-corrected chi connectivity index (χ2v) is 9.85. The Balaban J connectivity index is 4.31. The average Bonchev–Trinajstić information content (AvgIpc) is 2.20. The van der Waals surface area contributed by atoms with Crippen LogP contribution in [-0.2, 0) is 4.79 Å². The van der Waals surface area contributed by atoms with Crippen LogP contribution >= 0.6 is 11.8 Å². The number of ketones is 1. The van der Waals surface area contributed by atoms with Gasteiger partial charge in [-0.25, -0.2) is 0 Å². The number of carbonyl (C=O) groups is 1. The van der Waals surface area contributed by atoms with Crippen molar-refractivity contribution in [3.05, 3.63) is 0 Å². The molecule has 3 heteroatoms. The van der Waals surface area contributed by atoms with Crippen LogP contribution in [0.1, 0.15) is 60.8 Å². The molecule has 0 aromatic carbocycles. The summed E-state index contributed by atoms with van der Waals surface area (Å²) in [6.45, 7) is 14.4. The van der Waals surface area contributed by atoms with E-state index in [2.05, 4.69) is 60.5 Å². The van der Waals surface area contributed by atoms with Gasteiger partial charge in [0.05, 0.1) is 0 Å². The molecule has 0 aromatic rings. The molecule has 1 atom stereocenters. The van der Waals surface area contributed by atoms with Gasteiger partial charge in [-0.2, -0.15) is 11.8 Å². The molecule has 0 saturated heterocycles. The smallest absolute Gasteiger partial charge is 0.134 e. The lowest BCUT2D eigenvalue weighted by atomic mass is 9.89. The molecule has 120 valence electrons. The minimum atomic E-state index is 0.255. The lowest BCUT2D eigenvalue weighted by molar-refractivity contribution is -0.119. The molecule has 0 rings (SSSR count). The van der Waals surface area contributed by atoms with E-state index in [4.69, 9.17) is 0 Å². The summed E-state index contributed by atoms with van der Waals surface area (Å²) < 4.78 is 0. The molecule has 0 spiro atoms. The second kappa shape index (κ2) is 8.43. The molecule has 0 heterocycles. The highest BCUT2D eigenvalue weighted by molar-refractivity contribution is 8.00. The van der Waals surface area contributed by atoms with Gasteiger partial charge in [-0.05, 0) is 37.1 Å². The number of thioether (sulfide) groups is 1. The summed E-state index contributed by atoms with van der Waals surface area (Å²) in [6.07, 6.45) is 2.43. The van der Waals surface area contributed by atoms with E-state index in [1.54, 1.807) is 0 Å². The maximum atomic E-state index is 12.2. The number of hydrogen-bond acceptors (Lipinski definition) is 3. The van der Waals surface area contributed by atoms with Gasteiger partial charge in [-0.1, -0.05) is 41.5 Å². The molecular formula is C17H35NOS. The first-order valence-corrected chi connectivity index (χ1v) is 8.72. The average molecular weight is 302 g/mol. The lowest BCUT2D eigenvalue weighted by Gasteiger charge is -2.25. The third-order valence-electron chi connectivity index (χ3n) is 2.93. The molecule has 0 aromatic heterocycles. The molecule has 0 bridgehead atoms. The highest BCUT2D eigenvalue weighted by atomic mass is 32.2. The number of nitrogens with zero attached hydrogens (tertiary/aromatic N) is 1. The summed E-state index contributed by atoms with van der Waals surface area (Å²) in [4.78, 5) is 14.4. The molecule has 0 saturated carbocycles. The van der Waals surface area contributed by atoms with E-state index in [-0.39, 0.29) is 5.41 Å². The number of carbonyl (C=O) groups excluding carboxylic acids is 1. The van der Waals surface area contributed by atoms with E-state index in [1.165, 1.54) is 0 Å². The third-order valence-corrected chi connectivity index (χ3v) is 4.75. The zero-order chi connectivity index (χ0) is 16.0. The molecule has 0 amide bonds. The van der Waals surface area contributed by atoms with Crippen LogP contribution in [-0.4, -0.2) is 42.3 Å². The fourth-order valence-corrected chi connectivity index (χ4v) is 3.26. The number of Topliss-reactive ketones (excluding diaryl/α,β-unsaturated/α-hetero) is 1. The topological polar surface area (TPSA) is 20.3 Å². The molecule has 0 aliphatic carbocycles. The van der Waals surface area contributed by atoms with E-state index in [0.717, 1.165) is 31.6 Å². The zero-order valence-electron chi connectivity index (χ0n) is 14.9. The Hall–Kier alpha value is -0.0200. The Morgan fingerprint density at radius 2 is 1.60 bits per heavy atom. The minimum absolute atomic E-state index is 0.255. The van der Waals surface area contributed by atoms with E-state index in [1.807, 2.05) is 11.8 Å². The molecule has 0 radical (unpaired) electrons. The van der Waals surface area contributed by atoms with E-state index < -0.39 is 0 Å². The summed E-state index contributed by atoms with van der Waals surface area (Å²) >= 11 is 1.96. The molecule has 2 nitrogen and oxygen atoms in total. The summed E-state index contributed by atoms with van der Waals surface area (Å²) in [6, 6.07) is 0. The van der Waals surface area contributed by atoms with Gasteiger partial charge in [-0.3, -0.25) is 4.79 Å². The van der Waals surface area contributed by atoms with Crippen molar-refractivity contribution in [2.24, 2.45) is 10.8 Å². The van der Waals surface area contributed by atoms with Crippen LogP contribution in [0.2, 0.25) is 0 Å². The Labute approximate surface area is 131 Å². The largest absolute Gasteiger partial charge is 0.308 e. The summed E-state index contributed by atoms with van der Waals surface area (Å²) in [5.74, 6) is 1.53. The summed E-state index contributed by atoms with van der Waals surface area (Å²) in [5.41, 5.74) is 0.578. The molecular weight excluding hydrogens is 266 g/mol. The molecule has 0 aliphatic rings. The van der Waals surface area contributed by atoms with E-state index >= 15 is 0 Å². The van der Waals surface area contributed by atoms with Gasteiger partial charge >= 0.3 is 0 Å². The lowest BCUT2D eigenvalue weighted by Crippen LogP contribution is -2.27. The second-order valence-electron chi connectivity index (χ2n) is 8.56. The van der Waals surface area contributed by atoms with Crippen molar-refractivity contribution in [2.45, 2.75) is 66.1 Å². The molecule has 1 unspecified atom stereocenters. The normalized spacial score (nSPS) is 14.7. The minimum Gasteiger partial charge on any atom is -0.308 e. The Morgan fingerprint density at radius 3 is 2.00 bits per heavy atom. The van der Waals surface area contributed by atoms with Crippen molar-refractivity contribution in [3.63, 3.8) is 0 Å². The van der Waals surface area contributed by atoms with Gasteiger partial charge < -0.3 is 4.90 Å². The van der Waals surface area contributed by atoms with Crippen molar-refractivity contribution in [2.75, 3.05) is 26.4 Å². The highest BCUT2D eigenvalue weighted by Gasteiger charge is 2.20. The molecule has 0 aliphatic heterocycles. The SMILES string of the molecule is CN(C)CC(CC(=O)CCC(C)(C)C)SCC(C)(C)C. The van der Waals surface area contributed by atoms with Crippen LogP contribution in [0.15, 0.2) is 0 Å². The summed E-state index contributed by atoms with van der Waals surface area (Å²) in [5, 5.41) is 0.427. The predicted octanol–water partition coefficient (Wildman–Crippen LogP) is 4.48. The van der Waals surface area contributed by atoms with Crippen molar-refractivity contribution >= 4 is 17.5 Å². The molecule has 0 N–H and O–H groups in total. The maximum Gasteiger partial charge on any atom is 0.134 e. The predicted molar refractivity (Wildman–Crippen MR) is 92.6 cm³/mol. The van der Waals surface area contributed by atoms with Gasteiger partial charge in [-0.15, -0.1) is 0 Å². The first-order valence-electron chi connectivity index (χ1n) is 7.67.